The second-order valence-electron chi connectivity index (χ2n) is 5.72. The van der Waals surface area contributed by atoms with E-state index in [4.69, 9.17) is 4.74 Å². The van der Waals surface area contributed by atoms with E-state index in [0.717, 1.165) is 5.56 Å². The monoisotopic (exact) mass is 277 g/mol. The Morgan fingerprint density at radius 3 is 2.30 bits per heavy atom. The van der Waals surface area contributed by atoms with Crippen LogP contribution in [0.3, 0.4) is 0 Å². The zero-order chi connectivity index (χ0) is 15.2. The number of alkyl carbamates (subject to hydrolysis) is 1. The van der Waals surface area contributed by atoms with Crippen molar-refractivity contribution >= 4 is 11.9 Å². The molecule has 0 aliphatic rings. The van der Waals surface area contributed by atoms with Crippen molar-refractivity contribution in [2.45, 2.75) is 40.2 Å². The molecule has 0 heterocycles. The normalized spacial score (nSPS) is 12.6. The molecule has 1 aromatic rings. The molecule has 1 rings (SSSR count). The second kappa shape index (κ2) is 7.08. The number of rotatable bonds is 5. The predicted octanol–water partition coefficient (Wildman–Crippen LogP) is 2.96. The van der Waals surface area contributed by atoms with Gasteiger partial charge in [0, 0.05) is 5.41 Å². The number of amides is 1. The van der Waals surface area contributed by atoms with Crippen LogP contribution in [0, 0.1) is 5.41 Å². The Hall–Kier alpha value is -1.84. The maximum atomic E-state index is 12.4. The summed E-state index contributed by atoms with van der Waals surface area (Å²) in [4.78, 5) is 24.0. The fraction of sp³-hybridized carbons (Fsp3) is 0.500. The molecular weight excluding hydrogens is 254 g/mol. The van der Waals surface area contributed by atoms with Crippen molar-refractivity contribution in [3.63, 3.8) is 0 Å². The number of ketones is 1. The van der Waals surface area contributed by atoms with Gasteiger partial charge in [-0.15, -0.1) is 0 Å². The first kappa shape index (κ1) is 16.2. The molecule has 0 radical (unpaired) electrons. The van der Waals surface area contributed by atoms with Gasteiger partial charge in [0.15, 0.2) is 5.78 Å². The molecular formula is C16H23NO3. The molecule has 0 saturated heterocycles. The third-order valence-electron chi connectivity index (χ3n) is 2.91. The van der Waals surface area contributed by atoms with E-state index >= 15 is 0 Å². The number of benzene rings is 1. The maximum absolute atomic E-state index is 12.4. The molecule has 0 bridgehead atoms. The highest BCUT2D eigenvalue weighted by atomic mass is 16.5. The Bertz CT molecular complexity index is 449. The first-order valence-corrected chi connectivity index (χ1v) is 6.86. The third-order valence-corrected chi connectivity index (χ3v) is 2.91. The number of nitrogens with one attached hydrogen (secondary N) is 1. The van der Waals surface area contributed by atoms with Crippen LogP contribution >= 0.6 is 0 Å². The Labute approximate surface area is 120 Å². The number of Topliss-reactive ketones (excluding diaryl/α,β-unsaturated/α-hetero) is 1. The van der Waals surface area contributed by atoms with Crippen LogP contribution in [0.25, 0.3) is 0 Å². The molecule has 1 atom stereocenters. The van der Waals surface area contributed by atoms with E-state index in [-0.39, 0.29) is 12.4 Å². The Kier molecular flexibility index (Phi) is 5.74. The fourth-order valence-corrected chi connectivity index (χ4v) is 1.90. The molecule has 1 aromatic carbocycles. The summed E-state index contributed by atoms with van der Waals surface area (Å²) in [5.41, 5.74) is 0.491. The van der Waals surface area contributed by atoms with E-state index in [2.05, 4.69) is 5.32 Å². The number of carbonyl (C=O) groups is 2. The van der Waals surface area contributed by atoms with E-state index < -0.39 is 17.6 Å². The summed E-state index contributed by atoms with van der Waals surface area (Å²) in [5, 5.41) is 2.66. The Morgan fingerprint density at radius 2 is 1.80 bits per heavy atom. The molecule has 0 fully saturated rings. The lowest BCUT2D eigenvalue weighted by Crippen LogP contribution is -2.47. The Morgan fingerprint density at radius 1 is 1.20 bits per heavy atom. The van der Waals surface area contributed by atoms with Crippen LogP contribution in [0.15, 0.2) is 30.3 Å². The van der Waals surface area contributed by atoms with Gasteiger partial charge in [-0.2, -0.15) is 0 Å². The van der Waals surface area contributed by atoms with Crippen molar-refractivity contribution < 1.29 is 14.3 Å². The molecule has 4 heteroatoms. The van der Waals surface area contributed by atoms with Gasteiger partial charge in [-0.05, 0) is 18.9 Å². The van der Waals surface area contributed by atoms with Crippen molar-refractivity contribution in [1.29, 1.82) is 0 Å². The second-order valence-corrected chi connectivity index (χ2v) is 5.72. The molecule has 0 spiro atoms. The van der Waals surface area contributed by atoms with E-state index in [9.17, 15) is 9.59 Å². The van der Waals surface area contributed by atoms with Crippen LogP contribution in [0.4, 0.5) is 4.79 Å². The quantitative estimate of drug-likeness (QED) is 0.900. The van der Waals surface area contributed by atoms with Gasteiger partial charge < -0.3 is 10.1 Å². The van der Waals surface area contributed by atoms with E-state index in [1.54, 1.807) is 6.92 Å². The predicted molar refractivity (Wildman–Crippen MR) is 78.6 cm³/mol. The molecule has 0 aliphatic heterocycles. The van der Waals surface area contributed by atoms with Gasteiger partial charge in [0.05, 0.1) is 12.6 Å². The fourth-order valence-electron chi connectivity index (χ4n) is 1.90. The van der Waals surface area contributed by atoms with Crippen molar-refractivity contribution in [2.75, 3.05) is 6.61 Å². The average molecular weight is 277 g/mol. The Balaban J connectivity index is 2.84. The van der Waals surface area contributed by atoms with Crippen molar-refractivity contribution in [2.24, 2.45) is 5.41 Å². The summed E-state index contributed by atoms with van der Waals surface area (Å²) in [6, 6.07) is 9.06. The molecule has 4 nitrogen and oxygen atoms in total. The van der Waals surface area contributed by atoms with E-state index in [0.29, 0.717) is 6.42 Å². The molecule has 0 aromatic heterocycles. The first-order valence-electron chi connectivity index (χ1n) is 6.86. The van der Waals surface area contributed by atoms with Gasteiger partial charge in [0.2, 0.25) is 0 Å². The van der Waals surface area contributed by atoms with Crippen LogP contribution in [0.5, 0.6) is 0 Å². The molecule has 1 unspecified atom stereocenters. The molecule has 20 heavy (non-hydrogen) atoms. The average Bonchev–Trinajstić information content (AvgIpc) is 2.37. The summed E-state index contributed by atoms with van der Waals surface area (Å²) in [5.74, 6) is -0.00518. The van der Waals surface area contributed by atoms with Gasteiger partial charge in [-0.3, -0.25) is 4.79 Å². The SMILES string of the molecule is CCOC(=O)NC(Cc1ccccc1)C(=O)C(C)(C)C. The van der Waals surface area contributed by atoms with Gasteiger partial charge in [0.1, 0.15) is 0 Å². The maximum Gasteiger partial charge on any atom is 0.407 e. The number of carbonyl (C=O) groups excluding carboxylic acids is 2. The summed E-state index contributed by atoms with van der Waals surface area (Å²) < 4.78 is 4.87. The minimum atomic E-state index is -0.573. The lowest BCUT2D eigenvalue weighted by molar-refractivity contribution is -0.128. The van der Waals surface area contributed by atoms with Crippen molar-refractivity contribution in [1.82, 2.24) is 5.32 Å². The standard InChI is InChI=1S/C16H23NO3/c1-5-20-15(19)17-13(14(18)16(2,3)4)11-12-9-7-6-8-10-12/h6-10,13H,5,11H2,1-4H3,(H,17,19). The summed E-state index contributed by atoms with van der Waals surface area (Å²) in [7, 11) is 0. The third kappa shape index (κ3) is 5.03. The lowest BCUT2D eigenvalue weighted by Gasteiger charge is -2.25. The van der Waals surface area contributed by atoms with E-state index in [1.807, 2.05) is 51.1 Å². The molecule has 110 valence electrons. The van der Waals surface area contributed by atoms with Crippen LogP contribution in [0.2, 0.25) is 0 Å². The molecule has 0 aliphatic carbocycles. The smallest absolute Gasteiger partial charge is 0.407 e. The largest absolute Gasteiger partial charge is 0.450 e. The number of hydrogen-bond donors (Lipinski definition) is 1. The van der Waals surface area contributed by atoms with Crippen LogP contribution < -0.4 is 5.32 Å². The highest BCUT2D eigenvalue weighted by Crippen LogP contribution is 2.19. The van der Waals surface area contributed by atoms with Gasteiger partial charge >= 0.3 is 6.09 Å². The summed E-state index contributed by atoms with van der Waals surface area (Å²) in [6.45, 7) is 7.56. The highest BCUT2D eigenvalue weighted by Gasteiger charge is 2.31. The highest BCUT2D eigenvalue weighted by molar-refractivity contribution is 5.91. The minimum Gasteiger partial charge on any atom is -0.450 e. The summed E-state index contributed by atoms with van der Waals surface area (Å²) in [6.07, 6.45) is -0.0820. The zero-order valence-corrected chi connectivity index (χ0v) is 12.6. The van der Waals surface area contributed by atoms with Gasteiger partial charge in [-0.25, -0.2) is 4.79 Å². The zero-order valence-electron chi connectivity index (χ0n) is 12.6. The van der Waals surface area contributed by atoms with Gasteiger partial charge in [0.25, 0.3) is 0 Å². The topological polar surface area (TPSA) is 55.4 Å². The van der Waals surface area contributed by atoms with Crippen molar-refractivity contribution in [3.8, 4) is 0 Å². The van der Waals surface area contributed by atoms with Gasteiger partial charge in [-0.1, -0.05) is 51.1 Å². The number of ether oxygens (including phenoxy) is 1. The lowest BCUT2D eigenvalue weighted by atomic mass is 9.84. The van der Waals surface area contributed by atoms with Crippen LogP contribution in [0.1, 0.15) is 33.3 Å². The van der Waals surface area contributed by atoms with Crippen LogP contribution in [-0.2, 0) is 16.0 Å². The first-order chi connectivity index (χ1) is 9.34. The number of hydrogen-bond acceptors (Lipinski definition) is 3. The molecule has 1 amide bonds. The van der Waals surface area contributed by atoms with Crippen LogP contribution in [-0.4, -0.2) is 24.5 Å². The van der Waals surface area contributed by atoms with Crippen molar-refractivity contribution in [3.05, 3.63) is 35.9 Å². The minimum absolute atomic E-state index is 0.00518. The molecule has 0 saturated carbocycles. The molecule has 1 N–H and O–H groups in total. The summed E-state index contributed by atoms with van der Waals surface area (Å²) >= 11 is 0. The van der Waals surface area contributed by atoms with E-state index in [1.165, 1.54) is 0 Å².